The van der Waals surface area contributed by atoms with E-state index in [4.69, 9.17) is 19.2 Å². The lowest BCUT2D eigenvalue weighted by Gasteiger charge is -2.36. The average molecular weight is 792 g/mol. The van der Waals surface area contributed by atoms with Crippen molar-refractivity contribution in [2.24, 2.45) is 17.3 Å². The first-order valence-corrected chi connectivity index (χ1v) is 20.3. The summed E-state index contributed by atoms with van der Waals surface area (Å²) in [6.45, 7) is 17.3. The molecule has 0 spiro atoms. The summed E-state index contributed by atoms with van der Waals surface area (Å²) in [5.74, 6) is -2.52. The Balaban J connectivity index is 1.54. The number of ether oxygens (including phenoxy) is 3. The Morgan fingerprint density at radius 2 is 1.73 bits per heavy atom. The normalized spacial score (nSPS) is 22.8. The van der Waals surface area contributed by atoms with Gasteiger partial charge in [0.2, 0.25) is 21.8 Å². The molecule has 1 aliphatic carbocycles. The number of hydrogen-bond donors (Lipinski definition) is 3. The molecule has 56 heavy (non-hydrogen) atoms. The number of carbonyl (C=O) groups is 4. The minimum Gasteiger partial charge on any atom is -0.497 e. The molecule has 15 heteroatoms. The Morgan fingerprint density at radius 1 is 1.05 bits per heavy atom. The molecule has 2 fully saturated rings. The highest BCUT2D eigenvalue weighted by molar-refractivity contribution is 7.90. The Morgan fingerprint density at radius 3 is 2.30 bits per heavy atom. The predicted molar refractivity (Wildman–Crippen MR) is 212 cm³/mol. The van der Waals surface area contributed by atoms with Crippen molar-refractivity contribution in [1.82, 2.24) is 25.2 Å². The fraction of sp³-hybridized carbons (Fsp3) is 0.488. The third-order valence-corrected chi connectivity index (χ3v) is 11.5. The van der Waals surface area contributed by atoms with Gasteiger partial charge in [0, 0.05) is 35.4 Å². The van der Waals surface area contributed by atoms with E-state index in [1.165, 1.54) is 17.9 Å². The molecule has 6 atom stereocenters. The van der Waals surface area contributed by atoms with E-state index in [9.17, 15) is 27.6 Å². The highest BCUT2D eigenvalue weighted by atomic mass is 32.2. The number of likely N-dealkylation sites (tertiary alicyclic amines) is 1. The number of hydrogen-bond acceptors (Lipinski definition) is 10. The van der Waals surface area contributed by atoms with Crippen molar-refractivity contribution in [3.63, 3.8) is 0 Å². The molecule has 2 aromatic carbocycles. The van der Waals surface area contributed by atoms with Gasteiger partial charge in [-0.05, 0) is 51.2 Å². The van der Waals surface area contributed by atoms with Crippen LogP contribution in [0.3, 0.4) is 0 Å². The third kappa shape index (κ3) is 8.93. The van der Waals surface area contributed by atoms with Crippen LogP contribution < -0.4 is 24.8 Å². The number of aromatic nitrogens is 1. The van der Waals surface area contributed by atoms with Gasteiger partial charge in [0.1, 0.15) is 40.8 Å². The van der Waals surface area contributed by atoms with Crippen LogP contribution in [0, 0.1) is 17.3 Å². The lowest BCUT2D eigenvalue weighted by Crippen LogP contribution is -2.60. The predicted octanol–water partition coefficient (Wildman–Crippen LogP) is 4.97. The maximum absolute atomic E-state index is 14.7. The van der Waals surface area contributed by atoms with Gasteiger partial charge in [0.05, 0.1) is 30.6 Å². The number of carbonyl (C=O) groups excluding carboxylic acids is 4. The summed E-state index contributed by atoms with van der Waals surface area (Å²) in [5.41, 5.74) is -1.24. The van der Waals surface area contributed by atoms with E-state index in [1.807, 2.05) is 36.4 Å². The highest BCUT2D eigenvalue weighted by Crippen LogP contribution is 2.51. The van der Waals surface area contributed by atoms with E-state index >= 15 is 0 Å². The summed E-state index contributed by atoms with van der Waals surface area (Å²) in [4.78, 5) is 62.1. The quantitative estimate of drug-likeness (QED) is 0.212. The Labute approximate surface area is 328 Å². The molecule has 1 saturated carbocycles. The Kier molecular flexibility index (Phi) is 11.8. The minimum atomic E-state index is -3.97. The first-order chi connectivity index (χ1) is 26.1. The number of methoxy groups -OCH3 is 1. The van der Waals surface area contributed by atoms with Crippen LogP contribution in [0.1, 0.15) is 61.8 Å². The van der Waals surface area contributed by atoms with Crippen LogP contribution in [-0.4, -0.2) is 90.9 Å². The van der Waals surface area contributed by atoms with E-state index in [0.29, 0.717) is 28.1 Å². The van der Waals surface area contributed by atoms with Crippen molar-refractivity contribution in [2.75, 3.05) is 19.4 Å². The molecule has 4 amide bonds. The van der Waals surface area contributed by atoms with Crippen molar-refractivity contribution < 1.29 is 41.8 Å². The summed E-state index contributed by atoms with van der Waals surface area (Å²) in [5, 5.41) is 6.22. The van der Waals surface area contributed by atoms with Gasteiger partial charge in [-0.15, -0.1) is 6.58 Å². The lowest BCUT2D eigenvalue weighted by molar-refractivity contribution is -0.143. The van der Waals surface area contributed by atoms with E-state index in [2.05, 4.69) is 21.9 Å². The summed E-state index contributed by atoms with van der Waals surface area (Å²) >= 11 is 0. The number of nitrogens with one attached hydrogen (secondary N) is 3. The molecule has 3 aromatic rings. The second-order valence-corrected chi connectivity index (χ2v) is 18.4. The van der Waals surface area contributed by atoms with E-state index in [0.717, 1.165) is 5.56 Å². The zero-order valence-corrected chi connectivity index (χ0v) is 34.3. The lowest BCUT2D eigenvalue weighted by atomic mass is 9.85. The third-order valence-electron chi connectivity index (χ3n) is 10.2. The SMILES string of the molecule is C=CC1[C@H](C)[C@]1(NC(=O)[C@@H]1C[C@@H](Oc2cc(-c3ccccc3)nc3cc(OC)ccc23)CN1C(=O)[C@@H](NC(=O)OC(C)(C)C)C(C)(C)C)C(=O)NS(=O)(=O)CC. The van der Waals surface area contributed by atoms with Gasteiger partial charge >= 0.3 is 6.09 Å². The number of nitrogens with zero attached hydrogens (tertiary/aromatic N) is 2. The van der Waals surface area contributed by atoms with Gasteiger partial charge in [-0.2, -0.15) is 0 Å². The molecule has 2 aliphatic rings. The summed E-state index contributed by atoms with van der Waals surface area (Å²) < 4.78 is 44.7. The molecule has 302 valence electrons. The van der Waals surface area contributed by atoms with Gasteiger partial charge in [0.25, 0.3) is 5.91 Å². The van der Waals surface area contributed by atoms with Crippen LogP contribution in [0.2, 0.25) is 0 Å². The zero-order chi connectivity index (χ0) is 41.4. The molecule has 2 heterocycles. The molecule has 14 nitrogen and oxygen atoms in total. The monoisotopic (exact) mass is 791 g/mol. The zero-order valence-electron chi connectivity index (χ0n) is 33.5. The molecule has 1 unspecified atom stereocenters. The number of amides is 4. The molecule has 1 aliphatic heterocycles. The van der Waals surface area contributed by atoms with Crippen LogP contribution in [0.15, 0.2) is 67.3 Å². The van der Waals surface area contributed by atoms with Crippen LogP contribution in [0.5, 0.6) is 11.5 Å². The average Bonchev–Trinajstić information content (AvgIpc) is 3.46. The van der Waals surface area contributed by atoms with Crippen molar-refractivity contribution >= 4 is 44.7 Å². The number of sulfonamides is 1. The fourth-order valence-corrected chi connectivity index (χ4v) is 7.73. The number of benzene rings is 2. The van der Waals surface area contributed by atoms with Crippen LogP contribution in [0.25, 0.3) is 22.2 Å². The van der Waals surface area contributed by atoms with Crippen LogP contribution in [0.4, 0.5) is 4.79 Å². The van der Waals surface area contributed by atoms with Gasteiger partial charge in [0.15, 0.2) is 0 Å². The van der Waals surface area contributed by atoms with Crippen LogP contribution in [-0.2, 0) is 29.1 Å². The molecule has 0 radical (unpaired) electrons. The van der Waals surface area contributed by atoms with E-state index < -0.39 is 80.4 Å². The number of fused-ring (bicyclic) bond motifs is 1. The second-order valence-electron chi connectivity index (χ2n) is 16.4. The maximum atomic E-state index is 14.7. The standard InChI is InChI=1S/C41H53N5O9S/c1-11-29-24(3)41(29,37(49)45-56(51,52)12-2)44-35(47)32-21-27(23-46(32)36(48)34(39(4,5)6)43-38(50)55-40(7,8)9)54-33-22-30(25-16-14-13-15-17-25)42-31-20-26(53-10)18-19-28(31)33/h11,13-20,22,24,27,29,32,34H,1,12,21,23H2,2-10H3,(H,43,50)(H,44,47)(H,45,49)/t24-,27+,29?,32-,34+,41+/m0/s1. The molecular formula is C41H53N5O9S. The smallest absolute Gasteiger partial charge is 0.408 e. The van der Waals surface area contributed by atoms with Crippen LogP contribution >= 0.6 is 0 Å². The van der Waals surface area contributed by atoms with Gasteiger partial charge in [-0.25, -0.2) is 18.2 Å². The topological polar surface area (TPSA) is 182 Å². The Hall–Kier alpha value is -5.18. The summed E-state index contributed by atoms with van der Waals surface area (Å²) in [6.07, 6.45) is -0.0509. The number of pyridine rings is 1. The van der Waals surface area contributed by atoms with Gasteiger partial charge < -0.3 is 29.7 Å². The molecular weight excluding hydrogens is 739 g/mol. The first-order valence-electron chi connectivity index (χ1n) is 18.6. The number of alkyl carbamates (subject to hydrolysis) is 1. The second kappa shape index (κ2) is 15.8. The minimum absolute atomic E-state index is 0.000387. The van der Waals surface area contributed by atoms with Crippen molar-refractivity contribution in [1.29, 1.82) is 0 Å². The van der Waals surface area contributed by atoms with Gasteiger partial charge in [-0.3, -0.25) is 19.1 Å². The molecule has 1 aromatic heterocycles. The summed E-state index contributed by atoms with van der Waals surface area (Å²) in [6, 6.07) is 14.4. The van der Waals surface area contributed by atoms with Crippen molar-refractivity contribution in [3.8, 4) is 22.8 Å². The Bertz CT molecular complexity index is 2110. The fourth-order valence-electron chi connectivity index (χ4n) is 7.13. The van der Waals surface area contributed by atoms with Crippen molar-refractivity contribution in [3.05, 3.63) is 67.3 Å². The van der Waals surface area contributed by atoms with E-state index in [1.54, 1.807) is 73.8 Å². The van der Waals surface area contributed by atoms with Crippen molar-refractivity contribution in [2.45, 2.75) is 91.1 Å². The highest BCUT2D eigenvalue weighted by Gasteiger charge is 2.68. The van der Waals surface area contributed by atoms with Gasteiger partial charge in [-0.1, -0.05) is 64.1 Å². The molecule has 5 rings (SSSR count). The molecule has 1 saturated heterocycles. The largest absolute Gasteiger partial charge is 0.497 e. The molecule has 3 N–H and O–H groups in total. The molecule has 0 bridgehead atoms. The summed E-state index contributed by atoms with van der Waals surface area (Å²) in [7, 11) is -2.41. The van der Waals surface area contributed by atoms with E-state index in [-0.39, 0.29) is 18.7 Å². The number of rotatable bonds is 12. The maximum Gasteiger partial charge on any atom is 0.408 e. The first kappa shape index (κ1) is 42.0.